The molecule has 0 heterocycles. The van der Waals surface area contributed by atoms with Crippen molar-refractivity contribution in [3.8, 4) is 5.75 Å². The van der Waals surface area contributed by atoms with Crippen molar-refractivity contribution in [3.63, 3.8) is 0 Å². The summed E-state index contributed by atoms with van der Waals surface area (Å²) in [4.78, 5) is 11.5. The summed E-state index contributed by atoms with van der Waals surface area (Å²) in [5, 5.41) is 2.87. The van der Waals surface area contributed by atoms with E-state index in [9.17, 15) is 4.79 Å². The number of ether oxygens (including phenoxy) is 1. The predicted molar refractivity (Wildman–Crippen MR) is 86.2 cm³/mol. The average molecular weight is 342 g/mol. The molecule has 112 valence electrons. The Morgan fingerprint density at radius 3 is 2.55 bits per heavy atom. The Balaban J connectivity index is 2.37. The third-order valence-corrected chi connectivity index (χ3v) is 3.50. The highest BCUT2D eigenvalue weighted by atomic mass is 79.9. The highest BCUT2D eigenvalue weighted by Crippen LogP contribution is 2.28. The molecule has 0 aromatic heterocycles. The van der Waals surface area contributed by atoms with E-state index in [1.807, 2.05) is 19.9 Å². The number of hydrogen-bond acceptors (Lipinski definition) is 2. The Morgan fingerprint density at radius 1 is 1.30 bits per heavy atom. The second-order valence-electron chi connectivity index (χ2n) is 5.52. The van der Waals surface area contributed by atoms with Gasteiger partial charge in [-0.15, -0.1) is 0 Å². The summed E-state index contributed by atoms with van der Waals surface area (Å²) < 4.78 is 6.67. The Hall–Kier alpha value is -1.03. The van der Waals surface area contributed by atoms with Crippen LogP contribution >= 0.6 is 15.9 Å². The van der Waals surface area contributed by atoms with Crippen molar-refractivity contribution in [2.24, 2.45) is 0 Å². The van der Waals surface area contributed by atoms with Crippen LogP contribution in [0, 0.1) is 0 Å². The van der Waals surface area contributed by atoms with E-state index in [-0.39, 0.29) is 11.9 Å². The second kappa shape index (κ2) is 8.30. The third kappa shape index (κ3) is 5.95. The van der Waals surface area contributed by atoms with Crippen LogP contribution in [0.4, 0.5) is 0 Å². The molecule has 4 heteroatoms. The molecule has 0 spiro atoms. The van der Waals surface area contributed by atoms with Gasteiger partial charge in [-0.05, 0) is 59.8 Å². The lowest BCUT2D eigenvalue weighted by molar-refractivity contribution is -0.121. The maximum Gasteiger partial charge on any atom is 0.220 e. The first-order valence-electron chi connectivity index (χ1n) is 7.11. The van der Waals surface area contributed by atoms with Crippen LogP contribution in [-0.2, 0) is 4.79 Å². The van der Waals surface area contributed by atoms with Crippen molar-refractivity contribution in [3.05, 3.63) is 28.2 Å². The van der Waals surface area contributed by atoms with Crippen LogP contribution in [0.15, 0.2) is 22.7 Å². The predicted octanol–water partition coefficient (Wildman–Crippen LogP) is 4.26. The van der Waals surface area contributed by atoms with Gasteiger partial charge in [0, 0.05) is 12.5 Å². The van der Waals surface area contributed by atoms with Crippen LogP contribution in [-0.4, -0.2) is 18.6 Å². The minimum Gasteiger partial charge on any atom is -0.492 e. The zero-order valence-corrected chi connectivity index (χ0v) is 14.3. The smallest absolute Gasteiger partial charge is 0.220 e. The molecule has 0 fully saturated rings. The highest BCUT2D eigenvalue weighted by molar-refractivity contribution is 9.10. The van der Waals surface area contributed by atoms with Crippen molar-refractivity contribution in [2.75, 3.05) is 6.61 Å². The van der Waals surface area contributed by atoms with Gasteiger partial charge in [-0.2, -0.15) is 0 Å². The molecule has 0 saturated heterocycles. The molecular weight excluding hydrogens is 318 g/mol. The van der Waals surface area contributed by atoms with E-state index in [1.54, 1.807) is 0 Å². The van der Waals surface area contributed by atoms with Crippen molar-refractivity contribution < 1.29 is 9.53 Å². The van der Waals surface area contributed by atoms with Crippen molar-refractivity contribution >= 4 is 21.8 Å². The Kier molecular flexibility index (Phi) is 7.06. The van der Waals surface area contributed by atoms with Gasteiger partial charge >= 0.3 is 0 Å². The Bertz CT molecular complexity index is 444. The van der Waals surface area contributed by atoms with E-state index in [0.29, 0.717) is 18.9 Å². The summed E-state index contributed by atoms with van der Waals surface area (Å²) in [7, 11) is 0. The van der Waals surface area contributed by atoms with Crippen LogP contribution in [0.3, 0.4) is 0 Å². The molecule has 0 saturated carbocycles. The van der Waals surface area contributed by atoms with E-state index in [1.165, 1.54) is 5.56 Å². The van der Waals surface area contributed by atoms with E-state index in [2.05, 4.69) is 47.2 Å². The molecule has 0 aliphatic heterocycles. The summed E-state index contributed by atoms with van der Waals surface area (Å²) in [5.74, 6) is 1.41. The van der Waals surface area contributed by atoms with Gasteiger partial charge in [-0.25, -0.2) is 0 Å². The first kappa shape index (κ1) is 17.0. The molecule has 1 amide bonds. The number of rotatable bonds is 7. The molecule has 0 aliphatic carbocycles. The summed E-state index contributed by atoms with van der Waals surface area (Å²) in [6, 6.07) is 6.34. The second-order valence-corrected chi connectivity index (χ2v) is 6.37. The average Bonchev–Trinajstić information content (AvgIpc) is 2.35. The molecule has 1 aromatic rings. The number of hydrogen-bond donors (Lipinski definition) is 1. The van der Waals surface area contributed by atoms with Crippen LogP contribution in [0.5, 0.6) is 5.75 Å². The lowest BCUT2D eigenvalue weighted by atomic mass is 10.0. The van der Waals surface area contributed by atoms with Crippen molar-refractivity contribution in [1.82, 2.24) is 5.32 Å². The molecule has 1 rings (SSSR count). The number of carbonyl (C=O) groups is 1. The monoisotopic (exact) mass is 341 g/mol. The summed E-state index contributed by atoms with van der Waals surface area (Å²) in [6.07, 6.45) is 1.22. The zero-order chi connectivity index (χ0) is 15.1. The number of carbonyl (C=O) groups excluding carboxylic acids is 1. The third-order valence-electron chi connectivity index (χ3n) is 2.88. The summed E-state index contributed by atoms with van der Waals surface area (Å²) in [6.45, 7) is 8.79. The van der Waals surface area contributed by atoms with Gasteiger partial charge in [0.15, 0.2) is 0 Å². The molecule has 0 unspecified atom stereocenters. The lowest BCUT2D eigenvalue weighted by Crippen LogP contribution is -2.30. The standard InChI is InChI=1S/C16H24BrNO2/c1-11(2)13-7-8-15(14(17)10-13)20-9-5-6-16(19)18-12(3)4/h7-8,10-12H,5-6,9H2,1-4H3,(H,18,19). The minimum atomic E-state index is 0.0813. The fraction of sp³-hybridized carbons (Fsp3) is 0.562. The number of nitrogens with one attached hydrogen (secondary N) is 1. The van der Waals surface area contributed by atoms with Gasteiger partial charge in [-0.1, -0.05) is 19.9 Å². The normalized spacial score (nSPS) is 10.9. The van der Waals surface area contributed by atoms with Crippen LogP contribution in [0.1, 0.15) is 52.0 Å². The van der Waals surface area contributed by atoms with Crippen molar-refractivity contribution in [2.45, 2.75) is 52.5 Å². The van der Waals surface area contributed by atoms with Gasteiger partial charge in [0.05, 0.1) is 11.1 Å². The maximum absolute atomic E-state index is 11.5. The van der Waals surface area contributed by atoms with Gasteiger partial charge in [0.25, 0.3) is 0 Å². The molecule has 1 aromatic carbocycles. The largest absolute Gasteiger partial charge is 0.492 e. The van der Waals surface area contributed by atoms with E-state index < -0.39 is 0 Å². The zero-order valence-electron chi connectivity index (χ0n) is 12.7. The summed E-state index contributed by atoms with van der Waals surface area (Å²) in [5.41, 5.74) is 1.28. The summed E-state index contributed by atoms with van der Waals surface area (Å²) >= 11 is 3.52. The molecule has 3 nitrogen and oxygen atoms in total. The number of benzene rings is 1. The van der Waals surface area contributed by atoms with Crippen LogP contribution < -0.4 is 10.1 Å². The lowest BCUT2D eigenvalue weighted by Gasteiger charge is -2.12. The molecular formula is C16H24BrNO2. The van der Waals surface area contributed by atoms with Crippen LogP contribution in [0.2, 0.25) is 0 Å². The Labute approximate surface area is 130 Å². The molecule has 0 atom stereocenters. The molecule has 0 radical (unpaired) electrons. The molecule has 0 aliphatic rings. The highest BCUT2D eigenvalue weighted by Gasteiger charge is 2.06. The quantitative estimate of drug-likeness (QED) is 0.752. The van der Waals surface area contributed by atoms with Crippen molar-refractivity contribution in [1.29, 1.82) is 0 Å². The molecule has 1 N–H and O–H groups in total. The van der Waals surface area contributed by atoms with E-state index in [4.69, 9.17) is 4.74 Å². The van der Waals surface area contributed by atoms with Gasteiger partial charge in [-0.3, -0.25) is 4.79 Å². The SMILES string of the molecule is CC(C)NC(=O)CCCOc1ccc(C(C)C)cc1Br. The first-order valence-corrected chi connectivity index (χ1v) is 7.91. The van der Waals surface area contributed by atoms with Crippen LogP contribution in [0.25, 0.3) is 0 Å². The number of amides is 1. The van der Waals surface area contributed by atoms with Gasteiger partial charge < -0.3 is 10.1 Å². The minimum absolute atomic E-state index is 0.0813. The number of halogens is 1. The fourth-order valence-electron chi connectivity index (χ4n) is 1.80. The fourth-order valence-corrected chi connectivity index (χ4v) is 2.31. The van der Waals surface area contributed by atoms with Gasteiger partial charge in [0.1, 0.15) is 5.75 Å². The maximum atomic E-state index is 11.5. The molecule has 20 heavy (non-hydrogen) atoms. The first-order chi connectivity index (χ1) is 9.40. The van der Waals surface area contributed by atoms with E-state index >= 15 is 0 Å². The molecule has 0 bridgehead atoms. The Morgan fingerprint density at radius 2 is 2.00 bits per heavy atom. The van der Waals surface area contributed by atoms with Gasteiger partial charge in [0.2, 0.25) is 5.91 Å². The van der Waals surface area contributed by atoms with E-state index in [0.717, 1.165) is 16.6 Å². The topological polar surface area (TPSA) is 38.3 Å².